The molecule has 1 fully saturated rings. The molecule has 1 aliphatic rings. The molecule has 0 saturated heterocycles. The van der Waals surface area contributed by atoms with Gasteiger partial charge in [0.15, 0.2) is 9.84 Å². The zero-order chi connectivity index (χ0) is 12.3. The zero-order valence-corrected chi connectivity index (χ0v) is 11.1. The topological polar surface area (TPSA) is 54.5 Å². The van der Waals surface area contributed by atoms with Gasteiger partial charge in [0.2, 0.25) is 5.91 Å². The molecule has 0 bridgehead atoms. The van der Waals surface area contributed by atoms with Crippen LogP contribution in [0.1, 0.15) is 33.1 Å². The highest BCUT2D eigenvalue weighted by molar-refractivity contribution is 7.91. The Labute approximate surface area is 97.9 Å². The van der Waals surface area contributed by atoms with E-state index in [1.54, 1.807) is 25.8 Å². The first-order valence-corrected chi connectivity index (χ1v) is 7.66. The first-order valence-electron chi connectivity index (χ1n) is 5.84. The number of carbonyl (C=O) groups excluding carboxylic acids is 1. The van der Waals surface area contributed by atoms with Gasteiger partial charge in [-0.25, -0.2) is 8.42 Å². The molecule has 0 aromatic heterocycles. The Morgan fingerprint density at radius 2 is 2.00 bits per heavy atom. The van der Waals surface area contributed by atoms with Gasteiger partial charge >= 0.3 is 0 Å². The van der Waals surface area contributed by atoms with Gasteiger partial charge in [-0.15, -0.1) is 0 Å². The summed E-state index contributed by atoms with van der Waals surface area (Å²) in [5.74, 6) is 0.447. The van der Waals surface area contributed by atoms with Crippen LogP contribution in [-0.2, 0) is 14.6 Å². The van der Waals surface area contributed by atoms with Crippen molar-refractivity contribution in [2.75, 3.05) is 18.6 Å². The largest absolute Gasteiger partial charge is 0.342 e. The van der Waals surface area contributed by atoms with Gasteiger partial charge in [-0.1, -0.05) is 13.3 Å². The summed E-state index contributed by atoms with van der Waals surface area (Å²) in [6, 6.07) is -0.224. The maximum Gasteiger partial charge on any atom is 0.225 e. The minimum absolute atomic E-state index is 0.0679. The molecule has 1 aliphatic carbocycles. The van der Waals surface area contributed by atoms with E-state index in [1.807, 2.05) is 0 Å². The van der Waals surface area contributed by atoms with Gasteiger partial charge in [-0.05, 0) is 19.8 Å². The van der Waals surface area contributed by atoms with Gasteiger partial charge in [-0.2, -0.15) is 0 Å². The Morgan fingerprint density at radius 1 is 1.44 bits per heavy atom. The Balaban J connectivity index is 2.52. The van der Waals surface area contributed by atoms with Gasteiger partial charge in [0, 0.05) is 24.8 Å². The normalized spacial score (nSPS) is 18.9. The monoisotopic (exact) mass is 247 g/mol. The van der Waals surface area contributed by atoms with E-state index < -0.39 is 9.84 Å². The Kier molecular flexibility index (Phi) is 4.35. The summed E-state index contributed by atoms with van der Waals surface area (Å²) in [5, 5.41) is 0. The number of carbonyl (C=O) groups is 1. The third kappa shape index (κ3) is 3.20. The number of sulfone groups is 1. The van der Waals surface area contributed by atoms with Gasteiger partial charge in [0.05, 0.1) is 5.75 Å². The smallest absolute Gasteiger partial charge is 0.225 e. The number of hydrogen-bond donors (Lipinski definition) is 0. The third-order valence-corrected chi connectivity index (χ3v) is 5.27. The first-order chi connectivity index (χ1) is 7.37. The maximum absolute atomic E-state index is 11.9. The van der Waals surface area contributed by atoms with E-state index in [2.05, 4.69) is 0 Å². The van der Waals surface area contributed by atoms with Crippen molar-refractivity contribution in [3.05, 3.63) is 0 Å². The highest BCUT2D eigenvalue weighted by atomic mass is 32.2. The van der Waals surface area contributed by atoms with E-state index in [9.17, 15) is 13.2 Å². The molecule has 0 aliphatic heterocycles. The molecule has 5 heteroatoms. The SMILES string of the molecule is CCS(=O)(=O)C[C@H](C)N(C)C(=O)C1CCC1. The van der Waals surface area contributed by atoms with Gasteiger partial charge in [0.25, 0.3) is 0 Å². The molecule has 0 heterocycles. The molecule has 16 heavy (non-hydrogen) atoms. The van der Waals surface area contributed by atoms with Gasteiger partial charge < -0.3 is 4.90 Å². The van der Waals surface area contributed by atoms with E-state index in [0.29, 0.717) is 0 Å². The van der Waals surface area contributed by atoms with Crippen LogP contribution in [0.5, 0.6) is 0 Å². The quantitative estimate of drug-likeness (QED) is 0.730. The fourth-order valence-corrected chi connectivity index (χ4v) is 2.95. The van der Waals surface area contributed by atoms with Crippen molar-refractivity contribution < 1.29 is 13.2 Å². The van der Waals surface area contributed by atoms with Crippen LogP contribution >= 0.6 is 0 Å². The number of nitrogens with zero attached hydrogens (tertiary/aromatic N) is 1. The predicted octanol–water partition coefficient (Wildman–Crippen LogP) is 1.07. The maximum atomic E-state index is 11.9. The number of hydrogen-bond acceptors (Lipinski definition) is 3. The summed E-state index contributed by atoms with van der Waals surface area (Å²) in [7, 11) is -1.30. The summed E-state index contributed by atoms with van der Waals surface area (Å²) < 4.78 is 22.9. The number of amides is 1. The van der Waals surface area contributed by atoms with E-state index in [4.69, 9.17) is 0 Å². The van der Waals surface area contributed by atoms with Crippen LogP contribution in [0, 0.1) is 5.92 Å². The van der Waals surface area contributed by atoms with Crippen molar-refractivity contribution in [2.24, 2.45) is 5.92 Å². The van der Waals surface area contributed by atoms with Crippen LogP contribution in [-0.4, -0.2) is 43.8 Å². The summed E-state index contributed by atoms with van der Waals surface area (Å²) in [4.78, 5) is 13.5. The predicted molar refractivity (Wildman–Crippen MR) is 63.9 cm³/mol. The highest BCUT2D eigenvalue weighted by Crippen LogP contribution is 2.28. The molecule has 1 atom stereocenters. The minimum atomic E-state index is -3.01. The van der Waals surface area contributed by atoms with Crippen LogP contribution in [0.15, 0.2) is 0 Å². The van der Waals surface area contributed by atoms with Crippen LogP contribution < -0.4 is 0 Å². The van der Waals surface area contributed by atoms with E-state index >= 15 is 0 Å². The number of rotatable bonds is 5. The lowest BCUT2D eigenvalue weighted by atomic mass is 9.84. The summed E-state index contributed by atoms with van der Waals surface area (Å²) in [5.41, 5.74) is 0. The lowest BCUT2D eigenvalue weighted by Crippen LogP contribution is -2.44. The molecule has 0 aromatic carbocycles. The molecule has 94 valence electrons. The molecule has 0 aromatic rings. The lowest BCUT2D eigenvalue weighted by Gasteiger charge is -2.32. The van der Waals surface area contributed by atoms with E-state index in [1.165, 1.54) is 0 Å². The van der Waals surface area contributed by atoms with Crippen LogP contribution in [0.4, 0.5) is 0 Å². The van der Waals surface area contributed by atoms with Crippen molar-refractivity contribution in [1.82, 2.24) is 4.90 Å². The molecule has 0 N–H and O–H groups in total. The van der Waals surface area contributed by atoms with Crippen molar-refractivity contribution in [3.63, 3.8) is 0 Å². The molecular formula is C11H21NO3S. The molecule has 0 radical (unpaired) electrons. The third-order valence-electron chi connectivity index (χ3n) is 3.40. The van der Waals surface area contributed by atoms with Crippen LogP contribution in [0.2, 0.25) is 0 Å². The molecule has 1 rings (SSSR count). The average Bonchev–Trinajstić information content (AvgIpc) is 2.13. The zero-order valence-electron chi connectivity index (χ0n) is 10.3. The van der Waals surface area contributed by atoms with E-state index in [-0.39, 0.29) is 29.4 Å². The second kappa shape index (κ2) is 5.17. The molecule has 4 nitrogen and oxygen atoms in total. The Hall–Kier alpha value is -0.580. The Bertz CT molecular complexity index is 346. The Morgan fingerprint density at radius 3 is 2.38 bits per heavy atom. The standard InChI is InChI=1S/C11H21NO3S/c1-4-16(14,15)8-9(2)12(3)11(13)10-6-5-7-10/h9-10H,4-8H2,1-3H3/t9-/m0/s1. The molecule has 0 spiro atoms. The summed E-state index contributed by atoms with van der Waals surface area (Å²) >= 11 is 0. The summed E-state index contributed by atoms with van der Waals surface area (Å²) in [6.07, 6.45) is 3.03. The molecule has 0 unspecified atom stereocenters. The van der Waals surface area contributed by atoms with Crippen LogP contribution in [0.3, 0.4) is 0 Å². The highest BCUT2D eigenvalue weighted by Gasteiger charge is 2.30. The first kappa shape index (κ1) is 13.5. The molecular weight excluding hydrogens is 226 g/mol. The second-order valence-corrected chi connectivity index (χ2v) is 7.02. The second-order valence-electron chi connectivity index (χ2n) is 4.62. The summed E-state index contributed by atoms with van der Waals surface area (Å²) in [6.45, 7) is 3.43. The van der Waals surface area contributed by atoms with E-state index in [0.717, 1.165) is 19.3 Å². The van der Waals surface area contributed by atoms with Gasteiger partial charge in [0.1, 0.15) is 0 Å². The lowest BCUT2D eigenvalue weighted by molar-refractivity contribution is -0.138. The van der Waals surface area contributed by atoms with Crippen molar-refractivity contribution >= 4 is 15.7 Å². The van der Waals surface area contributed by atoms with Gasteiger partial charge in [-0.3, -0.25) is 4.79 Å². The van der Waals surface area contributed by atoms with Crippen molar-refractivity contribution in [3.8, 4) is 0 Å². The fraction of sp³-hybridized carbons (Fsp3) is 0.909. The fourth-order valence-electron chi connectivity index (χ4n) is 1.76. The minimum Gasteiger partial charge on any atom is -0.342 e. The molecule has 1 saturated carbocycles. The van der Waals surface area contributed by atoms with Crippen molar-refractivity contribution in [2.45, 2.75) is 39.2 Å². The van der Waals surface area contributed by atoms with Crippen LogP contribution in [0.25, 0.3) is 0 Å². The van der Waals surface area contributed by atoms with Crippen molar-refractivity contribution in [1.29, 1.82) is 0 Å². The molecule has 1 amide bonds. The average molecular weight is 247 g/mol.